The zero-order chi connectivity index (χ0) is 27.4. The van der Waals surface area contributed by atoms with Crippen molar-refractivity contribution in [1.82, 2.24) is 0 Å². The van der Waals surface area contributed by atoms with Gasteiger partial charge in [0.05, 0.1) is 26.4 Å². The average Bonchev–Trinajstić information content (AvgIpc) is 3.03. The fraction of sp³-hybridized carbons (Fsp3) is 0.333. The van der Waals surface area contributed by atoms with Gasteiger partial charge in [-0.15, -0.1) is 0 Å². The molecular weight excluding hydrogens is 496 g/mol. The summed E-state index contributed by atoms with van der Waals surface area (Å²) in [6.45, 7) is 2.34. The molecule has 0 bridgehead atoms. The van der Waals surface area contributed by atoms with Gasteiger partial charge in [-0.3, -0.25) is 0 Å². The maximum atomic E-state index is 6.69. The van der Waals surface area contributed by atoms with E-state index in [1.54, 1.807) is 0 Å². The average molecular weight is 537 g/mol. The predicted octanol–water partition coefficient (Wildman–Crippen LogP) is 8.21. The van der Waals surface area contributed by atoms with Crippen molar-refractivity contribution < 1.29 is 18.9 Å². The van der Waals surface area contributed by atoms with E-state index < -0.39 is 11.6 Å². The molecule has 0 unspecified atom stereocenters. The maximum Gasteiger partial charge on any atom is 0.222 e. The molecule has 0 N–H and O–H groups in total. The van der Waals surface area contributed by atoms with Crippen LogP contribution in [-0.4, -0.2) is 26.4 Å². The molecule has 5 rings (SSSR count). The standard InChI is InChI=1S/C36H40O4/c1-7-19-31(20-8-1)35(32-21-9-2-10-22-32)37-27-15-5-17-29-39-36(33-23-11-3-12-24-33,34-25-13-4-14-26-34)40-30-18-6-16-28-38-35/h1-4,7-14,19-26H,5-6,15-18,27-30H2. The fourth-order valence-corrected chi connectivity index (χ4v) is 5.34. The second kappa shape index (κ2) is 14.4. The number of hydrogen-bond donors (Lipinski definition) is 0. The van der Waals surface area contributed by atoms with Crippen LogP contribution >= 0.6 is 0 Å². The topological polar surface area (TPSA) is 36.9 Å². The normalized spacial score (nSPS) is 19.0. The molecule has 1 aliphatic heterocycles. The van der Waals surface area contributed by atoms with E-state index in [0.29, 0.717) is 26.4 Å². The van der Waals surface area contributed by atoms with E-state index in [1.807, 2.05) is 72.8 Å². The third-order valence-electron chi connectivity index (χ3n) is 7.41. The van der Waals surface area contributed by atoms with Crippen LogP contribution in [-0.2, 0) is 30.5 Å². The van der Waals surface area contributed by atoms with Crippen LogP contribution < -0.4 is 0 Å². The zero-order valence-corrected chi connectivity index (χ0v) is 23.3. The number of hydrogen-bond acceptors (Lipinski definition) is 4. The molecule has 0 aliphatic carbocycles. The van der Waals surface area contributed by atoms with Gasteiger partial charge in [0.25, 0.3) is 0 Å². The molecule has 4 aromatic rings. The van der Waals surface area contributed by atoms with Crippen LogP contribution in [0.2, 0.25) is 0 Å². The molecule has 208 valence electrons. The van der Waals surface area contributed by atoms with Crippen LogP contribution in [0, 0.1) is 0 Å². The number of ether oxygens (including phenoxy) is 4. The largest absolute Gasteiger partial charge is 0.342 e. The molecule has 0 radical (unpaired) electrons. The first-order valence-corrected chi connectivity index (χ1v) is 14.6. The van der Waals surface area contributed by atoms with Gasteiger partial charge in [0.2, 0.25) is 11.6 Å². The van der Waals surface area contributed by atoms with E-state index in [9.17, 15) is 0 Å². The lowest BCUT2D eigenvalue weighted by Gasteiger charge is -2.36. The summed E-state index contributed by atoms with van der Waals surface area (Å²) in [6, 6.07) is 41.3. The second-order valence-corrected chi connectivity index (χ2v) is 10.2. The molecule has 4 heteroatoms. The Kier molecular flexibility index (Phi) is 10.2. The highest BCUT2D eigenvalue weighted by Gasteiger charge is 2.38. The molecule has 4 nitrogen and oxygen atoms in total. The summed E-state index contributed by atoms with van der Waals surface area (Å²) < 4.78 is 26.8. The van der Waals surface area contributed by atoms with E-state index >= 15 is 0 Å². The van der Waals surface area contributed by atoms with Crippen molar-refractivity contribution in [2.75, 3.05) is 26.4 Å². The van der Waals surface area contributed by atoms with E-state index in [0.717, 1.165) is 60.8 Å². The van der Waals surface area contributed by atoms with Gasteiger partial charge in [-0.05, 0) is 38.5 Å². The molecule has 1 fully saturated rings. The quantitative estimate of drug-likeness (QED) is 0.263. The first-order valence-electron chi connectivity index (χ1n) is 14.6. The summed E-state index contributed by atoms with van der Waals surface area (Å²) in [7, 11) is 0. The van der Waals surface area contributed by atoms with Crippen LogP contribution in [0.3, 0.4) is 0 Å². The Morgan fingerprint density at radius 1 is 0.300 bits per heavy atom. The van der Waals surface area contributed by atoms with Crippen molar-refractivity contribution >= 4 is 0 Å². The van der Waals surface area contributed by atoms with E-state index in [4.69, 9.17) is 18.9 Å². The predicted molar refractivity (Wildman–Crippen MR) is 159 cm³/mol. The van der Waals surface area contributed by atoms with Crippen molar-refractivity contribution in [3.63, 3.8) is 0 Å². The lowest BCUT2D eigenvalue weighted by molar-refractivity contribution is -0.225. The van der Waals surface area contributed by atoms with Crippen LogP contribution in [0.1, 0.15) is 60.8 Å². The molecular formula is C36H40O4. The third kappa shape index (κ3) is 6.71. The van der Waals surface area contributed by atoms with Crippen molar-refractivity contribution in [3.8, 4) is 0 Å². The van der Waals surface area contributed by atoms with Crippen molar-refractivity contribution in [1.29, 1.82) is 0 Å². The van der Waals surface area contributed by atoms with Crippen LogP contribution in [0.4, 0.5) is 0 Å². The Balaban J connectivity index is 1.35. The molecule has 0 saturated carbocycles. The summed E-state index contributed by atoms with van der Waals surface area (Å²) in [4.78, 5) is 0. The van der Waals surface area contributed by atoms with Crippen LogP contribution in [0.5, 0.6) is 0 Å². The highest BCUT2D eigenvalue weighted by atomic mass is 16.7. The highest BCUT2D eigenvalue weighted by Crippen LogP contribution is 2.37. The second-order valence-electron chi connectivity index (χ2n) is 10.2. The molecule has 0 amide bonds. The van der Waals surface area contributed by atoms with Gasteiger partial charge in [-0.2, -0.15) is 0 Å². The van der Waals surface area contributed by atoms with Gasteiger partial charge in [-0.1, -0.05) is 121 Å². The molecule has 0 spiro atoms. The molecule has 40 heavy (non-hydrogen) atoms. The Morgan fingerprint density at radius 2 is 0.525 bits per heavy atom. The number of rotatable bonds is 4. The van der Waals surface area contributed by atoms with E-state index in [1.165, 1.54) is 0 Å². The van der Waals surface area contributed by atoms with Gasteiger partial charge in [-0.25, -0.2) is 0 Å². The summed E-state index contributed by atoms with van der Waals surface area (Å²) in [5.74, 6) is -1.86. The SMILES string of the molecule is c1ccc(C2(c3ccccc3)OCCCCCOC(c3ccccc3)(c3ccccc3)OCCCCCO2)cc1. The van der Waals surface area contributed by atoms with Gasteiger partial charge in [0, 0.05) is 22.3 Å². The molecule has 0 atom stereocenters. The first-order chi connectivity index (χ1) is 19.8. The molecule has 1 aliphatic rings. The number of benzene rings is 4. The van der Waals surface area contributed by atoms with Crippen LogP contribution in [0.15, 0.2) is 121 Å². The van der Waals surface area contributed by atoms with Gasteiger partial charge in [0.15, 0.2) is 0 Å². The molecule has 1 heterocycles. The Labute approximate surface area is 238 Å². The Hall–Kier alpha value is -3.28. The smallest absolute Gasteiger partial charge is 0.222 e. The third-order valence-corrected chi connectivity index (χ3v) is 7.41. The minimum Gasteiger partial charge on any atom is -0.342 e. The van der Waals surface area contributed by atoms with Gasteiger partial charge < -0.3 is 18.9 Å². The Bertz CT molecular complexity index is 1050. The van der Waals surface area contributed by atoms with Crippen molar-refractivity contribution in [2.45, 2.75) is 50.1 Å². The van der Waals surface area contributed by atoms with E-state index in [-0.39, 0.29) is 0 Å². The monoisotopic (exact) mass is 536 g/mol. The molecule has 1 saturated heterocycles. The summed E-state index contributed by atoms with van der Waals surface area (Å²) in [5, 5.41) is 0. The summed E-state index contributed by atoms with van der Waals surface area (Å²) in [5.41, 5.74) is 4.07. The highest BCUT2D eigenvalue weighted by molar-refractivity contribution is 5.35. The lowest BCUT2D eigenvalue weighted by Crippen LogP contribution is -2.36. The molecule has 0 aromatic heterocycles. The van der Waals surface area contributed by atoms with Gasteiger partial charge >= 0.3 is 0 Å². The van der Waals surface area contributed by atoms with E-state index in [2.05, 4.69) is 48.5 Å². The Morgan fingerprint density at radius 3 is 0.750 bits per heavy atom. The fourth-order valence-electron chi connectivity index (χ4n) is 5.34. The van der Waals surface area contributed by atoms with Crippen LogP contribution in [0.25, 0.3) is 0 Å². The van der Waals surface area contributed by atoms with Crippen molar-refractivity contribution in [3.05, 3.63) is 144 Å². The van der Waals surface area contributed by atoms with Crippen molar-refractivity contribution in [2.24, 2.45) is 0 Å². The minimum atomic E-state index is -0.928. The molecule has 4 aromatic carbocycles. The first kappa shape index (κ1) is 28.3. The lowest BCUT2D eigenvalue weighted by atomic mass is 9.96. The maximum absolute atomic E-state index is 6.69. The van der Waals surface area contributed by atoms with Gasteiger partial charge in [0.1, 0.15) is 0 Å². The zero-order valence-electron chi connectivity index (χ0n) is 23.3. The minimum absolute atomic E-state index is 0.586. The summed E-state index contributed by atoms with van der Waals surface area (Å²) >= 11 is 0. The summed E-state index contributed by atoms with van der Waals surface area (Å²) in [6.07, 6.45) is 5.55.